The zero-order valence-corrected chi connectivity index (χ0v) is 10.1. The van der Waals surface area contributed by atoms with Gasteiger partial charge in [-0.25, -0.2) is 4.79 Å². The van der Waals surface area contributed by atoms with E-state index in [1.807, 2.05) is 0 Å². The van der Waals surface area contributed by atoms with E-state index in [0.717, 1.165) is 32.3 Å². The molecule has 0 aromatic carbocycles. The Balaban J connectivity index is 1.66. The molecular formula is C12H21NO4. The highest BCUT2D eigenvalue weighted by Gasteiger charge is 2.31. The van der Waals surface area contributed by atoms with Crippen molar-refractivity contribution in [2.45, 2.75) is 50.4 Å². The Morgan fingerprint density at radius 2 is 2.12 bits per heavy atom. The molecule has 17 heavy (non-hydrogen) atoms. The van der Waals surface area contributed by atoms with Crippen molar-refractivity contribution in [2.24, 2.45) is 5.73 Å². The maximum Gasteiger partial charge on any atom is 0.335 e. The van der Waals surface area contributed by atoms with Crippen LogP contribution in [0.25, 0.3) is 0 Å². The Labute approximate surface area is 102 Å². The number of rotatable bonds is 4. The highest BCUT2D eigenvalue weighted by molar-refractivity contribution is 5.75. The predicted molar refractivity (Wildman–Crippen MR) is 61.5 cm³/mol. The van der Waals surface area contributed by atoms with Crippen LogP contribution in [0.1, 0.15) is 32.1 Å². The molecule has 0 spiro atoms. The van der Waals surface area contributed by atoms with Crippen molar-refractivity contribution in [1.29, 1.82) is 0 Å². The van der Waals surface area contributed by atoms with E-state index in [1.54, 1.807) is 0 Å². The summed E-state index contributed by atoms with van der Waals surface area (Å²) in [5.41, 5.74) is 5.49. The van der Waals surface area contributed by atoms with Crippen LogP contribution in [0.5, 0.6) is 0 Å². The quantitative estimate of drug-likeness (QED) is 0.732. The number of hydrogen-bond acceptors (Lipinski definition) is 5. The molecule has 0 amide bonds. The molecule has 2 aliphatic rings. The molecule has 98 valence electrons. The number of nitrogens with two attached hydrogens (primary N) is 1. The van der Waals surface area contributed by atoms with E-state index < -0.39 is 6.10 Å². The zero-order valence-electron chi connectivity index (χ0n) is 10.1. The Morgan fingerprint density at radius 3 is 2.76 bits per heavy atom. The molecule has 0 aliphatic carbocycles. The number of carbonyl (C=O) groups is 1. The molecule has 0 bridgehead atoms. The number of hydrogen-bond donors (Lipinski definition) is 1. The third-order valence-electron chi connectivity index (χ3n) is 3.32. The first-order valence-electron chi connectivity index (χ1n) is 6.43. The molecule has 0 aromatic rings. The third kappa shape index (κ3) is 3.66. The first-order valence-corrected chi connectivity index (χ1v) is 6.43. The van der Waals surface area contributed by atoms with Crippen molar-refractivity contribution in [2.75, 3.05) is 19.8 Å². The van der Waals surface area contributed by atoms with Gasteiger partial charge in [0.25, 0.3) is 0 Å². The molecule has 2 rings (SSSR count). The second-order valence-electron chi connectivity index (χ2n) is 4.68. The van der Waals surface area contributed by atoms with Crippen molar-refractivity contribution >= 4 is 5.97 Å². The predicted octanol–water partition coefficient (Wildman–Crippen LogP) is 0.605. The minimum absolute atomic E-state index is 0.0125. The minimum Gasteiger partial charge on any atom is -0.461 e. The van der Waals surface area contributed by atoms with Gasteiger partial charge in [-0.2, -0.15) is 0 Å². The lowest BCUT2D eigenvalue weighted by Crippen LogP contribution is -2.31. The molecule has 2 heterocycles. The standard InChI is InChI=1S/C12H21NO4/c13-7-9-4-5-11(17-9)12(14)16-8-10-3-1-2-6-15-10/h9-11H,1-8,13H2. The minimum atomic E-state index is -0.424. The van der Waals surface area contributed by atoms with E-state index in [2.05, 4.69) is 0 Å². The van der Waals surface area contributed by atoms with Crippen LogP contribution in [0.4, 0.5) is 0 Å². The first kappa shape index (κ1) is 12.8. The Bertz CT molecular complexity index is 253. The summed E-state index contributed by atoms with van der Waals surface area (Å²) < 4.78 is 16.2. The van der Waals surface area contributed by atoms with Gasteiger partial charge >= 0.3 is 5.97 Å². The SMILES string of the molecule is NCC1CCC(C(=O)OCC2CCCCO2)O1. The van der Waals surface area contributed by atoms with Crippen LogP contribution in [0.3, 0.4) is 0 Å². The fourth-order valence-corrected chi connectivity index (χ4v) is 2.26. The second-order valence-corrected chi connectivity index (χ2v) is 4.68. The van der Waals surface area contributed by atoms with Crippen molar-refractivity contribution in [3.8, 4) is 0 Å². The molecule has 2 fully saturated rings. The van der Waals surface area contributed by atoms with Gasteiger partial charge < -0.3 is 19.9 Å². The van der Waals surface area contributed by atoms with Gasteiger partial charge in [0.2, 0.25) is 0 Å². The average molecular weight is 243 g/mol. The molecular weight excluding hydrogens is 222 g/mol. The topological polar surface area (TPSA) is 70.8 Å². The van der Waals surface area contributed by atoms with E-state index in [1.165, 1.54) is 0 Å². The summed E-state index contributed by atoms with van der Waals surface area (Å²) in [5.74, 6) is -0.268. The Morgan fingerprint density at radius 1 is 1.24 bits per heavy atom. The lowest BCUT2D eigenvalue weighted by Gasteiger charge is -2.22. The van der Waals surface area contributed by atoms with E-state index in [4.69, 9.17) is 19.9 Å². The van der Waals surface area contributed by atoms with Crippen LogP contribution in [0.2, 0.25) is 0 Å². The van der Waals surface area contributed by atoms with Crippen molar-refractivity contribution < 1.29 is 19.0 Å². The maximum absolute atomic E-state index is 11.7. The van der Waals surface area contributed by atoms with Gasteiger partial charge in [-0.3, -0.25) is 0 Å². The fraction of sp³-hybridized carbons (Fsp3) is 0.917. The molecule has 5 nitrogen and oxygen atoms in total. The molecule has 0 saturated carbocycles. The summed E-state index contributed by atoms with van der Waals surface area (Å²) in [6.07, 6.45) is 4.45. The largest absolute Gasteiger partial charge is 0.461 e. The average Bonchev–Trinajstić information content (AvgIpc) is 2.86. The summed E-state index contributed by atoms with van der Waals surface area (Å²) in [4.78, 5) is 11.7. The van der Waals surface area contributed by atoms with E-state index in [-0.39, 0.29) is 18.2 Å². The highest BCUT2D eigenvalue weighted by atomic mass is 16.6. The van der Waals surface area contributed by atoms with Crippen LogP contribution in [-0.4, -0.2) is 44.0 Å². The summed E-state index contributed by atoms with van der Waals surface area (Å²) >= 11 is 0. The van der Waals surface area contributed by atoms with Gasteiger partial charge in [0.15, 0.2) is 6.10 Å². The lowest BCUT2D eigenvalue weighted by atomic mass is 10.1. The number of esters is 1. The summed E-state index contributed by atoms with van der Waals surface area (Å²) in [6, 6.07) is 0. The normalized spacial score (nSPS) is 33.6. The van der Waals surface area contributed by atoms with Gasteiger partial charge in [-0.1, -0.05) is 0 Å². The van der Waals surface area contributed by atoms with Crippen LogP contribution >= 0.6 is 0 Å². The summed E-state index contributed by atoms with van der Waals surface area (Å²) in [5, 5.41) is 0. The van der Waals surface area contributed by atoms with Gasteiger partial charge in [0.1, 0.15) is 6.61 Å². The molecule has 2 saturated heterocycles. The zero-order chi connectivity index (χ0) is 12.1. The smallest absolute Gasteiger partial charge is 0.335 e. The van der Waals surface area contributed by atoms with Crippen molar-refractivity contribution in [3.63, 3.8) is 0 Å². The van der Waals surface area contributed by atoms with Gasteiger partial charge in [-0.05, 0) is 32.1 Å². The molecule has 0 aromatic heterocycles. The van der Waals surface area contributed by atoms with Crippen LogP contribution in [0, 0.1) is 0 Å². The van der Waals surface area contributed by atoms with Gasteiger partial charge in [0, 0.05) is 13.2 Å². The second kappa shape index (κ2) is 6.33. The first-order chi connectivity index (χ1) is 8.29. The third-order valence-corrected chi connectivity index (χ3v) is 3.32. The molecule has 2 aliphatic heterocycles. The monoisotopic (exact) mass is 243 g/mol. The fourth-order valence-electron chi connectivity index (χ4n) is 2.26. The molecule has 2 N–H and O–H groups in total. The lowest BCUT2D eigenvalue weighted by molar-refractivity contribution is -0.161. The highest BCUT2D eigenvalue weighted by Crippen LogP contribution is 2.20. The van der Waals surface area contributed by atoms with Crippen molar-refractivity contribution in [1.82, 2.24) is 0 Å². The van der Waals surface area contributed by atoms with Crippen molar-refractivity contribution in [3.05, 3.63) is 0 Å². The van der Waals surface area contributed by atoms with E-state index in [9.17, 15) is 4.79 Å². The Kier molecular flexibility index (Phi) is 4.76. The summed E-state index contributed by atoms with van der Waals surface area (Å²) in [7, 11) is 0. The number of carbonyl (C=O) groups excluding carboxylic acids is 1. The van der Waals surface area contributed by atoms with Crippen LogP contribution in [0.15, 0.2) is 0 Å². The molecule has 0 radical (unpaired) electrons. The maximum atomic E-state index is 11.7. The van der Waals surface area contributed by atoms with Gasteiger partial charge in [-0.15, -0.1) is 0 Å². The van der Waals surface area contributed by atoms with E-state index in [0.29, 0.717) is 19.6 Å². The summed E-state index contributed by atoms with van der Waals surface area (Å²) in [6.45, 7) is 1.60. The molecule has 5 heteroatoms. The Hall–Kier alpha value is -0.650. The molecule has 3 unspecified atom stereocenters. The number of ether oxygens (including phenoxy) is 3. The van der Waals surface area contributed by atoms with E-state index >= 15 is 0 Å². The van der Waals surface area contributed by atoms with Crippen LogP contribution < -0.4 is 5.73 Å². The van der Waals surface area contributed by atoms with Crippen LogP contribution in [-0.2, 0) is 19.0 Å². The molecule has 3 atom stereocenters. The van der Waals surface area contributed by atoms with Gasteiger partial charge in [0.05, 0.1) is 12.2 Å².